The van der Waals surface area contributed by atoms with Crippen molar-refractivity contribution in [1.82, 2.24) is 10.2 Å². The Morgan fingerprint density at radius 3 is 1.91 bits per heavy atom. The van der Waals surface area contributed by atoms with Crippen LogP contribution in [0.4, 0.5) is 0 Å². The molecule has 1 N–H and O–H groups in total. The lowest BCUT2D eigenvalue weighted by molar-refractivity contribution is -0.168. The number of β-lactam (4-membered cyclic amide) rings is 1. The standard InChI is InChI=1S/C43H38N2O8/c1-26-36(43(50)51-25-28-22-23-29-14-12-13-21-33(29)24-28)45-37(38(26)52-27(2)46)35(41(45)48)44-40(47)34(30-15-6-3-7-16-30)42(49)53-39(31-17-8-4-9-18-31)32-19-10-5-11-20-32/h3-24,26,34-39H,25H2,1-2H3,(H,44,47)/t26?,34?,35?,36?,37-,38?/m0/s1. The third kappa shape index (κ3) is 7.13. The molecule has 0 spiro atoms. The molecule has 0 aromatic heterocycles. The highest BCUT2D eigenvalue weighted by Gasteiger charge is 2.66. The maximum Gasteiger partial charge on any atom is 0.329 e. The Kier molecular flexibility index (Phi) is 10.0. The molecule has 2 aliphatic rings. The highest BCUT2D eigenvalue weighted by atomic mass is 16.6. The van der Waals surface area contributed by atoms with E-state index in [0.29, 0.717) is 16.7 Å². The summed E-state index contributed by atoms with van der Waals surface area (Å²) in [5, 5.41) is 4.80. The minimum absolute atomic E-state index is 0.0220. The van der Waals surface area contributed by atoms with Gasteiger partial charge in [0, 0.05) is 12.8 Å². The summed E-state index contributed by atoms with van der Waals surface area (Å²) in [5.74, 6) is -5.48. The summed E-state index contributed by atoms with van der Waals surface area (Å²) >= 11 is 0. The predicted molar refractivity (Wildman–Crippen MR) is 195 cm³/mol. The molecule has 5 unspecified atom stereocenters. The zero-order chi connectivity index (χ0) is 37.1. The average molecular weight is 711 g/mol. The Labute approximate surface area is 306 Å². The predicted octanol–water partition coefficient (Wildman–Crippen LogP) is 5.65. The van der Waals surface area contributed by atoms with Crippen LogP contribution in [-0.2, 0) is 44.8 Å². The van der Waals surface area contributed by atoms with Crippen LogP contribution in [0.5, 0.6) is 0 Å². The normalized spacial score (nSPS) is 20.9. The van der Waals surface area contributed by atoms with Gasteiger partial charge in [0.1, 0.15) is 24.8 Å². The second-order valence-corrected chi connectivity index (χ2v) is 13.4. The summed E-state index contributed by atoms with van der Waals surface area (Å²) in [6.45, 7) is 2.93. The van der Waals surface area contributed by atoms with Crippen LogP contribution in [-0.4, -0.2) is 58.9 Å². The molecule has 0 bridgehead atoms. The van der Waals surface area contributed by atoms with Gasteiger partial charge in [-0.25, -0.2) is 4.79 Å². The van der Waals surface area contributed by atoms with Crippen molar-refractivity contribution in [2.75, 3.05) is 0 Å². The van der Waals surface area contributed by atoms with Crippen molar-refractivity contribution >= 4 is 40.5 Å². The molecule has 7 rings (SSSR count). The lowest BCUT2D eigenvalue weighted by Gasteiger charge is -2.46. The molecule has 5 aromatic carbocycles. The lowest BCUT2D eigenvalue weighted by Crippen LogP contribution is -2.73. The number of carbonyl (C=O) groups is 5. The molecule has 0 saturated carbocycles. The molecule has 6 atom stereocenters. The number of hydrogen-bond acceptors (Lipinski definition) is 8. The molecule has 10 heteroatoms. The minimum Gasteiger partial charge on any atom is -0.460 e. The molecule has 0 aliphatic carbocycles. The topological polar surface area (TPSA) is 128 Å². The fraction of sp³-hybridized carbons (Fsp3) is 0.233. The van der Waals surface area contributed by atoms with Crippen molar-refractivity contribution in [3.05, 3.63) is 156 Å². The van der Waals surface area contributed by atoms with Crippen LogP contribution >= 0.6 is 0 Å². The highest BCUT2D eigenvalue weighted by molar-refractivity contribution is 6.06. The SMILES string of the molecule is CC(=O)OC1C(C)C(C(=O)OCc2ccc3ccccc3c2)N2C(=O)C(NC(=O)C(C(=O)OC(c3ccccc3)c3ccccc3)c3ccccc3)[C@@H]12. The first kappa shape index (κ1) is 35.1. The molecule has 10 nitrogen and oxygen atoms in total. The molecular formula is C43H38N2O8. The fourth-order valence-electron chi connectivity index (χ4n) is 7.40. The van der Waals surface area contributed by atoms with E-state index in [0.717, 1.165) is 16.3 Å². The number of benzene rings is 5. The van der Waals surface area contributed by atoms with E-state index in [1.165, 1.54) is 11.8 Å². The van der Waals surface area contributed by atoms with Gasteiger partial charge in [-0.1, -0.05) is 134 Å². The van der Waals surface area contributed by atoms with Gasteiger partial charge >= 0.3 is 17.9 Å². The van der Waals surface area contributed by atoms with Crippen LogP contribution in [0.15, 0.2) is 133 Å². The Morgan fingerprint density at radius 1 is 0.736 bits per heavy atom. The summed E-state index contributed by atoms with van der Waals surface area (Å²) in [7, 11) is 0. The van der Waals surface area contributed by atoms with E-state index >= 15 is 0 Å². The number of nitrogens with zero attached hydrogens (tertiary/aromatic N) is 1. The molecule has 2 heterocycles. The van der Waals surface area contributed by atoms with E-state index in [2.05, 4.69) is 5.32 Å². The third-order valence-corrected chi connectivity index (χ3v) is 9.94. The maximum absolute atomic E-state index is 14.2. The molecule has 0 radical (unpaired) electrons. The van der Waals surface area contributed by atoms with Gasteiger partial charge < -0.3 is 24.4 Å². The van der Waals surface area contributed by atoms with Gasteiger partial charge in [0.25, 0.3) is 0 Å². The number of esters is 3. The molecule has 53 heavy (non-hydrogen) atoms. The largest absolute Gasteiger partial charge is 0.460 e. The van der Waals surface area contributed by atoms with Crippen molar-refractivity contribution in [3.63, 3.8) is 0 Å². The summed E-state index contributed by atoms with van der Waals surface area (Å²) in [4.78, 5) is 69.3. The number of amides is 2. The summed E-state index contributed by atoms with van der Waals surface area (Å²) in [6.07, 6.45) is -1.73. The average Bonchev–Trinajstić information content (AvgIpc) is 3.43. The van der Waals surface area contributed by atoms with Gasteiger partial charge in [-0.05, 0) is 39.1 Å². The lowest BCUT2D eigenvalue weighted by atomic mass is 9.90. The van der Waals surface area contributed by atoms with E-state index in [9.17, 15) is 24.0 Å². The van der Waals surface area contributed by atoms with Gasteiger partial charge in [-0.15, -0.1) is 0 Å². The zero-order valence-electron chi connectivity index (χ0n) is 29.2. The van der Waals surface area contributed by atoms with Crippen molar-refractivity contribution in [3.8, 4) is 0 Å². The van der Waals surface area contributed by atoms with E-state index < -0.39 is 71.9 Å². The van der Waals surface area contributed by atoms with Crippen LogP contribution in [0, 0.1) is 5.92 Å². The van der Waals surface area contributed by atoms with Crippen molar-refractivity contribution in [1.29, 1.82) is 0 Å². The second kappa shape index (κ2) is 15.1. The number of fused-ring (bicyclic) bond motifs is 2. The van der Waals surface area contributed by atoms with Gasteiger partial charge in [0.15, 0.2) is 12.0 Å². The molecule has 2 aliphatic heterocycles. The van der Waals surface area contributed by atoms with Crippen molar-refractivity contribution < 1.29 is 38.2 Å². The van der Waals surface area contributed by atoms with Crippen LogP contribution in [0.2, 0.25) is 0 Å². The van der Waals surface area contributed by atoms with E-state index in [-0.39, 0.29) is 6.61 Å². The van der Waals surface area contributed by atoms with E-state index in [1.807, 2.05) is 103 Å². The number of hydrogen-bond donors (Lipinski definition) is 1. The smallest absolute Gasteiger partial charge is 0.329 e. The first-order chi connectivity index (χ1) is 25.7. The van der Waals surface area contributed by atoms with Crippen LogP contribution < -0.4 is 5.32 Å². The summed E-state index contributed by atoms with van der Waals surface area (Å²) < 4.78 is 17.5. The first-order valence-electron chi connectivity index (χ1n) is 17.5. The van der Waals surface area contributed by atoms with E-state index in [4.69, 9.17) is 14.2 Å². The quantitative estimate of drug-likeness (QED) is 0.0807. The van der Waals surface area contributed by atoms with Crippen molar-refractivity contribution in [2.45, 2.75) is 56.7 Å². The number of ether oxygens (including phenoxy) is 3. The van der Waals surface area contributed by atoms with Crippen LogP contribution in [0.3, 0.4) is 0 Å². The van der Waals surface area contributed by atoms with Gasteiger partial charge in [-0.2, -0.15) is 0 Å². The summed E-state index contributed by atoms with van der Waals surface area (Å²) in [6, 6.07) is 37.3. The van der Waals surface area contributed by atoms with Crippen LogP contribution in [0.1, 0.15) is 48.1 Å². The van der Waals surface area contributed by atoms with E-state index in [1.54, 1.807) is 37.3 Å². The van der Waals surface area contributed by atoms with Gasteiger partial charge in [-0.3, -0.25) is 19.2 Å². The van der Waals surface area contributed by atoms with Gasteiger partial charge in [0.05, 0.1) is 6.04 Å². The molecule has 2 saturated heterocycles. The Bertz CT molecular complexity index is 2100. The minimum atomic E-state index is -1.44. The monoisotopic (exact) mass is 710 g/mol. The maximum atomic E-state index is 14.2. The number of nitrogens with one attached hydrogen (secondary N) is 1. The Balaban J connectivity index is 1.11. The summed E-state index contributed by atoms with van der Waals surface area (Å²) in [5.41, 5.74) is 2.57. The van der Waals surface area contributed by atoms with Crippen LogP contribution in [0.25, 0.3) is 10.8 Å². The fourth-order valence-corrected chi connectivity index (χ4v) is 7.40. The zero-order valence-corrected chi connectivity index (χ0v) is 29.2. The molecule has 5 aromatic rings. The van der Waals surface area contributed by atoms with Gasteiger partial charge in [0.2, 0.25) is 11.8 Å². The van der Waals surface area contributed by atoms with Crippen molar-refractivity contribution in [2.24, 2.45) is 5.92 Å². The molecule has 2 fully saturated rings. The number of carbonyl (C=O) groups excluding carboxylic acids is 5. The highest BCUT2D eigenvalue weighted by Crippen LogP contribution is 2.42. The molecule has 268 valence electrons. The number of rotatable bonds is 11. The first-order valence-corrected chi connectivity index (χ1v) is 17.5. The third-order valence-electron chi connectivity index (χ3n) is 9.94. The Morgan fingerprint density at radius 2 is 1.30 bits per heavy atom. The second-order valence-electron chi connectivity index (χ2n) is 13.4. The molecular weight excluding hydrogens is 672 g/mol. The molecule has 2 amide bonds. The Hall–Kier alpha value is -6.29.